The van der Waals surface area contributed by atoms with Crippen molar-refractivity contribution < 1.29 is 4.79 Å². The molecule has 0 bridgehead atoms. The topological polar surface area (TPSA) is 53.5 Å². The fourth-order valence-corrected chi connectivity index (χ4v) is 2.43. The first-order valence-electron chi connectivity index (χ1n) is 6.33. The van der Waals surface area contributed by atoms with Crippen LogP contribution in [0.5, 0.6) is 0 Å². The minimum atomic E-state index is -0.169. The fourth-order valence-electron chi connectivity index (χ4n) is 1.68. The van der Waals surface area contributed by atoms with Crippen LogP contribution in [0.4, 0.5) is 5.69 Å². The van der Waals surface area contributed by atoms with Gasteiger partial charge in [0.25, 0.3) is 5.91 Å². The average Bonchev–Trinajstić information content (AvgIpc) is 2.83. The van der Waals surface area contributed by atoms with Crippen LogP contribution in [0.3, 0.4) is 0 Å². The van der Waals surface area contributed by atoms with Crippen LogP contribution in [0.2, 0.25) is 0 Å². The van der Waals surface area contributed by atoms with Crippen molar-refractivity contribution >= 4 is 29.1 Å². The van der Waals surface area contributed by atoms with Gasteiger partial charge in [-0.05, 0) is 37.6 Å². The van der Waals surface area contributed by atoms with E-state index in [0.29, 0.717) is 0 Å². The Labute approximate surface area is 122 Å². The number of thiophene rings is 1. The van der Waals surface area contributed by atoms with Gasteiger partial charge in [-0.1, -0.05) is 18.2 Å². The molecule has 0 saturated carbocycles. The number of hydrogen-bond acceptors (Lipinski definition) is 4. The molecule has 5 heteroatoms. The second-order valence-electron chi connectivity index (χ2n) is 4.41. The van der Waals surface area contributed by atoms with E-state index in [0.717, 1.165) is 16.1 Å². The Balaban J connectivity index is 1.78. The summed E-state index contributed by atoms with van der Waals surface area (Å²) < 4.78 is 0. The third-order valence-electron chi connectivity index (χ3n) is 2.73. The average molecular weight is 287 g/mol. The Morgan fingerprint density at radius 1 is 1.25 bits per heavy atom. The number of anilines is 1. The van der Waals surface area contributed by atoms with Crippen LogP contribution in [-0.2, 0) is 4.79 Å². The van der Waals surface area contributed by atoms with Gasteiger partial charge < -0.3 is 5.32 Å². The molecule has 0 spiro atoms. The van der Waals surface area contributed by atoms with Crippen molar-refractivity contribution in [3.63, 3.8) is 0 Å². The van der Waals surface area contributed by atoms with Gasteiger partial charge in [0.05, 0.1) is 12.8 Å². The highest BCUT2D eigenvalue weighted by atomic mass is 32.1. The Morgan fingerprint density at radius 3 is 2.75 bits per heavy atom. The molecule has 104 valence electrons. The molecular weight excluding hydrogens is 270 g/mol. The summed E-state index contributed by atoms with van der Waals surface area (Å²) in [5.74, 6) is -0.169. The molecule has 1 heterocycles. The number of aryl methyl sites for hydroxylation is 2. The first-order valence-corrected chi connectivity index (χ1v) is 7.14. The van der Waals surface area contributed by atoms with E-state index in [9.17, 15) is 4.79 Å². The number of carbonyl (C=O) groups is 1. The molecule has 2 N–H and O–H groups in total. The molecule has 4 nitrogen and oxygen atoms in total. The zero-order chi connectivity index (χ0) is 14.4. The number of hydrogen-bond donors (Lipinski definition) is 2. The van der Waals surface area contributed by atoms with Crippen LogP contribution in [0.15, 0.2) is 41.5 Å². The summed E-state index contributed by atoms with van der Waals surface area (Å²) in [6.45, 7) is 4.23. The maximum Gasteiger partial charge on any atom is 0.259 e. The number of carbonyl (C=O) groups excluding carboxylic acids is 1. The molecular formula is C15H17N3OS. The van der Waals surface area contributed by atoms with Crippen LogP contribution in [0, 0.1) is 13.8 Å². The maximum absolute atomic E-state index is 11.6. The van der Waals surface area contributed by atoms with Crippen molar-refractivity contribution in [2.45, 2.75) is 13.8 Å². The summed E-state index contributed by atoms with van der Waals surface area (Å²) >= 11 is 1.64. The summed E-state index contributed by atoms with van der Waals surface area (Å²) in [4.78, 5) is 13.9. The van der Waals surface area contributed by atoms with Gasteiger partial charge in [-0.3, -0.25) is 4.79 Å². The third kappa shape index (κ3) is 4.20. The van der Waals surface area contributed by atoms with Gasteiger partial charge in [-0.25, -0.2) is 5.43 Å². The zero-order valence-corrected chi connectivity index (χ0v) is 12.3. The standard InChI is InChI=1S/C15H17N3OS/c1-11-5-3-4-6-14(11)16-10-15(19)18-17-9-13-8-7-12(2)20-13/h3-9,16H,10H2,1-2H3,(H,18,19). The maximum atomic E-state index is 11.6. The summed E-state index contributed by atoms with van der Waals surface area (Å²) in [5, 5.41) is 7.02. The first kappa shape index (κ1) is 14.3. The summed E-state index contributed by atoms with van der Waals surface area (Å²) in [6.07, 6.45) is 1.66. The van der Waals surface area contributed by atoms with E-state index in [-0.39, 0.29) is 12.5 Å². The number of benzene rings is 1. The summed E-state index contributed by atoms with van der Waals surface area (Å²) in [7, 11) is 0. The lowest BCUT2D eigenvalue weighted by Crippen LogP contribution is -2.26. The Morgan fingerprint density at radius 2 is 2.05 bits per heavy atom. The van der Waals surface area contributed by atoms with Crippen LogP contribution >= 0.6 is 11.3 Å². The van der Waals surface area contributed by atoms with Crippen molar-refractivity contribution in [1.82, 2.24) is 5.43 Å². The molecule has 0 saturated heterocycles. The highest BCUT2D eigenvalue weighted by Crippen LogP contribution is 2.13. The van der Waals surface area contributed by atoms with Gasteiger partial charge in [-0.15, -0.1) is 11.3 Å². The van der Waals surface area contributed by atoms with E-state index >= 15 is 0 Å². The second kappa shape index (κ2) is 6.86. The molecule has 20 heavy (non-hydrogen) atoms. The normalized spacial score (nSPS) is 10.7. The van der Waals surface area contributed by atoms with Crippen LogP contribution in [-0.4, -0.2) is 18.7 Å². The molecule has 0 aliphatic carbocycles. The van der Waals surface area contributed by atoms with E-state index in [1.165, 1.54) is 4.88 Å². The minimum absolute atomic E-state index is 0.169. The number of nitrogens with one attached hydrogen (secondary N) is 2. The molecule has 2 aromatic rings. The van der Waals surface area contributed by atoms with Crippen molar-refractivity contribution in [3.8, 4) is 0 Å². The number of nitrogens with zero attached hydrogens (tertiary/aromatic N) is 1. The molecule has 0 aliphatic rings. The molecule has 1 aromatic heterocycles. The fraction of sp³-hybridized carbons (Fsp3) is 0.200. The van der Waals surface area contributed by atoms with Gasteiger partial charge in [-0.2, -0.15) is 5.10 Å². The van der Waals surface area contributed by atoms with E-state index in [2.05, 4.69) is 15.8 Å². The largest absolute Gasteiger partial charge is 0.376 e. The summed E-state index contributed by atoms with van der Waals surface area (Å²) in [6, 6.07) is 11.8. The lowest BCUT2D eigenvalue weighted by Gasteiger charge is -2.07. The van der Waals surface area contributed by atoms with Gasteiger partial charge in [0.15, 0.2) is 0 Å². The zero-order valence-electron chi connectivity index (χ0n) is 11.5. The van der Waals surface area contributed by atoms with E-state index in [1.54, 1.807) is 17.6 Å². The number of hydrazone groups is 1. The van der Waals surface area contributed by atoms with Gasteiger partial charge in [0.2, 0.25) is 0 Å². The SMILES string of the molecule is Cc1ccc(C=NNC(=O)CNc2ccccc2C)s1. The molecule has 1 amide bonds. The Hall–Kier alpha value is -2.14. The van der Waals surface area contributed by atoms with Crippen molar-refractivity contribution in [3.05, 3.63) is 51.7 Å². The smallest absolute Gasteiger partial charge is 0.259 e. The predicted molar refractivity (Wildman–Crippen MR) is 84.5 cm³/mol. The van der Waals surface area contributed by atoms with Gasteiger partial charge in [0.1, 0.15) is 0 Å². The Kier molecular flexibility index (Phi) is 4.90. The lowest BCUT2D eigenvalue weighted by molar-refractivity contribution is -0.119. The van der Waals surface area contributed by atoms with Gasteiger partial charge in [0, 0.05) is 15.4 Å². The number of amides is 1. The highest BCUT2D eigenvalue weighted by molar-refractivity contribution is 7.13. The Bertz CT molecular complexity index is 619. The molecule has 0 aliphatic heterocycles. The van der Waals surface area contributed by atoms with Crippen molar-refractivity contribution in [1.29, 1.82) is 0 Å². The van der Waals surface area contributed by atoms with Crippen molar-refractivity contribution in [2.75, 3.05) is 11.9 Å². The second-order valence-corrected chi connectivity index (χ2v) is 5.73. The lowest BCUT2D eigenvalue weighted by atomic mass is 10.2. The third-order valence-corrected chi connectivity index (χ3v) is 3.66. The molecule has 0 radical (unpaired) electrons. The summed E-state index contributed by atoms with van der Waals surface area (Å²) in [5.41, 5.74) is 4.57. The molecule has 0 fully saturated rings. The molecule has 0 atom stereocenters. The number of para-hydroxylation sites is 1. The quantitative estimate of drug-likeness (QED) is 0.656. The molecule has 0 unspecified atom stereocenters. The molecule has 1 aromatic carbocycles. The van der Waals surface area contributed by atoms with Gasteiger partial charge >= 0.3 is 0 Å². The van der Waals surface area contributed by atoms with E-state index in [4.69, 9.17) is 0 Å². The number of rotatable bonds is 5. The molecule has 2 rings (SSSR count). The predicted octanol–water partition coefficient (Wildman–Crippen LogP) is 2.93. The first-order chi connectivity index (χ1) is 9.65. The van der Waals surface area contributed by atoms with Crippen LogP contribution in [0.1, 0.15) is 15.3 Å². The minimum Gasteiger partial charge on any atom is -0.376 e. The van der Waals surface area contributed by atoms with Crippen LogP contribution in [0.25, 0.3) is 0 Å². The van der Waals surface area contributed by atoms with Crippen LogP contribution < -0.4 is 10.7 Å². The van der Waals surface area contributed by atoms with E-state index in [1.807, 2.05) is 50.2 Å². The monoisotopic (exact) mass is 287 g/mol. The highest BCUT2D eigenvalue weighted by Gasteiger charge is 2.01. The van der Waals surface area contributed by atoms with E-state index < -0.39 is 0 Å². The van der Waals surface area contributed by atoms with Crippen molar-refractivity contribution in [2.24, 2.45) is 5.10 Å².